The smallest absolute Gasteiger partial charge is 0.335 e. The predicted octanol–water partition coefficient (Wildman–Crippen LogP) is 1.68. The first kappa shape index (κ1) is 11.3. The Morgan fingerprint density at radius 1 is 1.38 bits per heavy atom. The van der Waals surface area contributed by atoms with Gasteiger partial charge in [-0.25, -0.2) is 4.79 Å². The molecule has 0 aliphatic carbocycles. The van der Waals surface area contributed by atoms with Crippen LogP contribution in [0.3, 0.4) is 0 Å². The SMILES string of the molecule is O=C(O)c1cc(C2CCSCC2)[nH]c(=O)c1. The Balaban J connectivity index is 2.32. The second-order valence-electron chi connectivity index (χ2n) is 3.88. The number of carboxylic acids is 1. The van der Waals surface area contributed by atoms with Gasteiger partial charge in [-0.3, -0.25) is 4.79 Å². The fourth-order valence-electron chi connectivity index (χ4n) is 1.92. The summed E-state index contributed by atoms with van der Waals surface area (Å²) >= 11 is 1.90. The molecule has 5 heteroatoms. The van der Waals surface area contributed by atoms with Crippen LogP contribution in [-0.2, 0) is 0 Å². The standard InChI is InChI=1S/C11H13NO3S/c13-10-6-8(11(14)15)5-9(12-10)7-1-3-16-4-2-7/h5-7H,1-4H2,(H,12,13)(H,14,15). The second kappa shape index (κ2) is 4.74. The lowest BCUT2D eigenvalue weighted by Crippen LogP contribution is -2.17. The van der Waals surface area contributed by atoms with Gasteiger partial charge in [0.25, 0.3) is 0 Å². The lowest BCUT2D eigenvalue weighted by molar-refractivity contribution is 0.0696. The molecule has 1 aromatic heterocycles. The highest BCUT2D eigenvalue weighted by Crippen LogP contribution is 2.30. The fraction of sp³-hybridized carbons (Fsp3) is 0.455. The summed E-state index contributed by atoms with van der Waals surface area (Å²) in [5.74, 6) is 1.40. The Hall–Kier alpha value is -1.23. The molecule has 0 amide bonds. The second-order valence-corrected chi connectivity index (χ2v) is 5.11. The molecule has 4 nitrogen and oxygen atoms in total. The van der Waals surface area contributed by atoms with E-state index in [4.69, 9.17) is 5.11 Å². The van der Waals surface area contributed by atoms with E-state index in [1.54, 1.807) is 6.07 Å². The molecule has 1 aromatic rings. The first-order chi connectivity index (χ1) is 7.66. The van der Waals surface area contributed by atoms with Gasteiger partial charge in [-0.15, -0.1) is 0 Å². The van der Waals surface area contributed by atoms with Crippen LogP contribution in [0, 0.1) is 0 Å². The molecule has 0 atom stereocenters. The van der Waals surface area contributed by atoms with Crippen molar-refractivity contribution < 1.29 is 9.90 Å². The fourth-order valence-corrected chi connectivity index (χ4v) is 3.02. The predicted molar refractivity (Wildman–Crippen MR) is 63.3 cm³/mol. The molecule has 0 bridgehead atoms. The van der Waals surface area contributed by atoms with Crippen LogP contribution in [0.25, 0.3) is 0 Å². The van der Waals surface area contributed by atoms with Crippen LogP contribution >= 0.6 is 11.8 Å². The summed E-state index contributed by atoms with van der Waals surface area (Å²) in [5.41, 5.74) is 0.523. The average molecular weight is 239 g/mol. The van der Waals surface area contributed by atoms with E-state index < -0.39 is 5.97 Å². The van der Waals surface area contributed by atoms with Crippen molar-refractivity contribution >= 4 is 17.7 Å². The minimum absolute atomic E-state index is 0.0805. The first-order valence-electron chi connectivity index (χ1n) is 5.22. The Morgan fingerprint density at radius 2 is 2.06 bits per heavy atom. The lowest BCUT2D eigenvalue weighted by Gasteiger charge is -2.21. The van der Waals surface area contributed by atoms with Gasteiger partial charge in [-0.1, -0.05) is 0 Å². The Labute approximate surface area is 97.1 Å². The van der Waals surface area contributed by atoms with Gasteiger partial charge in [0.15, 0.2) is 0 Å². The van der Waals surface area contributed by atoms with Crippen molar-refractivity contribution in [1.82, 2.24) is 4.98 Å². The van der Waals surface area contributed by atoms with Crippen LogP contribution in [0.15, 0.2) is 16.9 Å². The number of hydrogen-bond acceptors (Lipinski definition) is 3. The molecule has 2 N–H and O–H groups in total. The van der Waals surface area contributed by atoms with Crippen molar-refractivity contribution in [2.75, 3.05) is 11.5 Å². The van der Waals surface area contributed by atoms with Gasteiger partial charge in [0.1, 0.15) is 0 Å². The summed E-state index contributed by atoms with van der Waals surface area (Å²) in [6.45, 7) is 0. The van der Waals surface area contributed by atoms with E-state index in [9.17, 15) is 9.59 Å². The number of aromatic carboxylic acids is 1. The summed E-state index contributed by atoms with van der Waals surface area (Å²) in [5, 5.41) is 8.88. The number of hydrogen-bond donors (Lipinski definition) is 2. The first-order valence-corrected chi connectivity index (χ1v) is 6.37. The Kier molecular flexibility index (Phi) is 3.33. The zero-order valence-electron chi connectivity index (χ0n) is 8.73. The molecule has 2 rings (SSSR count). The molecule has 1 saturated heterocycles. The Bertz CT molecular complexity index is 449. The minimum atomic E-state index is -1.04. The Morgan fingerprint density at radius 3 is 2.69 bits per heavy atom. The van der Waals surface area contributed by atoms with Crippen LogP contribution in [0.2, 0.25) is 0 Å². The van der Waals surface area contributed by atoms with Crippen molar-refractivity contribution in [1.29, 1.82) is 0 Å². The van der Waals surface area contributed by atoms with Crippen LogP contribution in [-0.4, -0.2) is 27.6 Å². The third-order valence-corrected chi connectivity index (χ3v) is 3.82. The largest absolute Gasteiger partial charge is 0.478 e. The molecule has 1 aliphatic rings. The summed E-state index contributed by atoms with van der Waals surface area (Å²) in [6.07, 6.45) is 2.01. The van der Waals surface area contributed by atoms with Gasteiger partial charge in [-0.05, 0) is 30.4 Å². The van der Waals surface area contributed by atoms with Gasteiger partial charge in [0.2, 0.25) is 5.56 Å². The zero-order valence-corrected chi connectivity index (χ0v) is 9.55. The summed E-state index contributed by atoms with van der Waals surface area (Å²) in [7, 11) is 0. The van der Waals surface area contributed by atoms with Crippen molar-refractivity contribution in [3.63, 3.8) is 0 Å². The number of pyridine rings is 1. The molecule has 86 valence electrons. The maximum atomic E-state index is 11.3. The maximum Gasteiger partial charge on any atom is 0.335 e. The summed E-state index contributed by atoms with van der Waals surface area (Å²) in [4.78, 5) is 24.9. The molecule has 1 aliphatic heterocycles. The molecule has 0 spiro atoms. The van der Waals surface area contributed by atoms with E-state index in [1.807, 2.05) is 11.8 Å². The third kappa shape index (κ3) is 2.47. The van der Waals surface area contributed by atoms with E-state index in [0.717, 1.165) is 36.1 Å². The van der Waals surface area contributed by atoms with E-state index in [2.05, 4.69) is 4.98 Å². The monoisotopic (exact) mass is 239 g/mol. The molecule has 0 radical (unpaired) electrons. The number of aromatic nitrogens is 1. The lowest BCUT2D eigenvalue weighted by atomic mass is 9.97. The van der Waals surface area contributed by atoms with Crippen LogP contribution in [0.4, 0.5) is 0 Å². The zero-order chi connectivity index (χ0) is 11.5. The van der Waals surface area contributed by atoms with Crippen molar-refractivity contribution in [3.8, 4) is 0 Å². The van der Waals surface area contributed by atoms with Crippen molar-refractivity contribution in [2.24, 2.45) is 0 Å². The van der Waals surface area contributed by atoms with Crippen LogP contribution in [0.5, 0.6) is 0 Å². The quantitative estimate of drug-likeness (QED) is 0.823. The summed E-state index contributed by atoms with van der Waals surface area (Å²) < 4.78 is 0. The number of H-pyrrole nitrogens is 1. The highest BCUT2D eigenvalue weighted by molar-refractivity contribution is 7.99. The van der Waals surface area contributed by atoms with Gasteiger partial charge in [0, 0.05) is 17.7 Å². The normalized spacial score (nSPS) is 17.2. The van der Waals surface area contributed by atoms with E-state index >= 15 is 0 Å². The van der Waals surface area contributed by atoms with Crippen LogP contribution < -0.4 is 5.56 Å². The van der Waals surface area contributed by atoms with Gasteiger partial charge in [-0.2, -0.15) is 11.8 Å². The molecule has 2 heterocycles. The van der Waals surface area contributed by atoms with E-state index in [1.165, 1.54) is 0 Å². The molecular weight excluding hydrogens is 226 g/mol. The number of aromatic amines is 1. The van der Waals surface area contributed by atoms with Gasteiger partial charge >= 0.3 is 5.97 Å². The van der Waals surface area contributed by atoms with E-state index in [0.29, 0.717) is 5.92 Å². The number of carbonyl (C=O) groups is 1. The molecular formula is C11H13NO3S. The maximum absolute atomic E-state index is 11.3. The molecule has 1 fully saturated rings. The van der Waals surface area contributed by atoms with Crippen molar-refractivity contribution in [3.05, 3.63) is 33.7 Å². The number of rotatable bonds is 2. The van der Waals surface area contributed by atoms with Gasteiger partial charge < -0.3 is 10.1 Å². The number of thioether (sulfide) groups is 1. The average Bonchev–Trinajstić information content (AvgIpc) is 2.29. The third-order valence-electron chi connectivity index (χ3n) is 2.77. The highest BCUT2D eigenvalue weighted by atomic mass is 32.2. The molecule has 0 saturated carbocycles. The minimum Gasteiger partial charge on any atom is -0.478 e. The van der Waals surface area contributed by atoms with Gasteiger partial charge in [0.05, 0.1) is 5.56 Å². The molecule has 0 unspecified atom stereocenters. The summed E-state index contributed by atoms with van der Waals surface area (Å²) in [6, 6.07) is 2.72. The van der Waals surface area contributed by atoms with Crippen molar-refractivity contribution in [2.45, 2.75) is 18.8 Å². The number of nitrogens with one attached hydrogen (secondary N) is 1. The molecule has 0 aromatic carbocycles. The molecule has 16 heavy (non-hydrogen) atoms. The number of carboxylic acid groups (broad SMARTS) is 1. The van der Waals surface area contributed by atoms with Crippen LogP contribution in [0.1, 0.15) is 34.8 Å². The highest BCUT2D eigenvalue weighted by Gasteiger charge is 2.18. The van der Waals surface area contributed by atoms with E-state index in [-0.39, 0.29) is 11.1 Å². The topological polar surface area (TPSA) is 70.2 Å².